The molecule has 1 fully saturated rings. The van der Waals surface area contributed by atoms with Gasteiger partial charge in [-0.15, -0.1) is 0 Å². The number of β-amino-alcohol motifs (C(OH)–C–C–N with tert-alkyl or cyclic N) is 1. The molecule has 5 heteroatoms. The minimum Gasteiger partial charge on any atom is -0.480 e. The van der Waals surface area contributed by atoms with Crippen LogP contribution in [-0.2, 0) is 4.79 Å². The van der Waals surface area contributed by atoms with Crippen LogP contribution < -0.4 is 5.32 Å². The number of benzene rings is 1. The lowest BCUT2D eigenvalue weighted by molar-refractivity contribution is -0.142. The molecule has 5 nitrogen and oxygen atoms in total. The third-order valence-electron chi connectivity index (χ3n) is 3.15. The van der Waals surface area contributed by atoms with Crippen LogP contribution in [0.25, 0.3) is 0 Å². The fourth-order valence-electron chi connectivity index (χ4n) is 2.26. The van der Waals surface area contributed by atoms with Crippen LogP contribution in [0.15, 0.2) is 30.3 Å². The summed E-state index contributed by atoms with van der Waals surface area (Å²) in [7, 11) is 0. The van der Waals surface area contributed by atoms with Crippen LogP contribution in [0.3, 0.4) is 0 Å². The molecule has 1 aliphatic rings. The molecule has 1 aliphatic heterocycles. The number of carboxylic acid groups (broad SMARTS) is 1. The van der Waals surface area contributed by atoms with Crippen molar-refractivity contribution in [3.8, 4) is 0 Å². The predicted molar refractivity (Wildman–Crippen MR) is 60.3 cm³/mol. The third-order valence-corrected chi connectivity index (χ3v) is 3.15. The first-order valence-electron chi connectivity index (χ1n) is 5.48. The van der Waals surface area contributed by atoms with E-state index in [1.165, 1.54) is 0 Å². The second-order valence-corrected chi connectivity index (χ2v) is 4.22. The summed E-state index contributed by atoms with van der Waals surface area (Å²) in [4.78, 5) is 11.0. The molecule has 1 aromatic rings. The highest BCUT2D eigenvalue weighted by atomic mass is 16.4. The highest BCUT2D eigenvalue weighted by Crippen LogP contribution is 2.30. The van der Waals surface area contributed by atoms with Crippen molar-refractivity contribution >= 4 is 5.97 Å². The molecule has 0 aliphatic carbocycles. The van der Waals surface area contributed by atoms with Gasteiger partial charge < -0.3 is 20.6 Å². The molecular formula is C12H15NO4. The zero-order chi connectivity index (χ0) is 12.4. The molecule has 0 saturated carbocycles. The maximum atomic E-state index is 11.0. The van der Waals surface area contributed by atoms with Gasteiger partial charge in [-0.05, 0) is 5.56 Å². The highest BCUT2D eigenvalue weighted by molar-refractivity contribution is 5.74. The Kier molecular flexibility index (Phi) is 3.42. The van der Waals surface area contributed by atoms with Crippen LogP contribution in [0.5, 0.6) is 0 Å². The molecular weight excluding hydrogens is 222 g/mol. The van der Waals surface area contributed by atoms with E-state index in [-0.39, 0.29) is 6.54 Å². The van der Waals surface area contributed by atoms with Gasteiger partial charge in [0.25, 0.3) is 0 Å². The minimum absolute atomic E-state index is 0.186. The normalized spacial score (nSPS) is 30.1. The topological polar surface area (TPSA) is 89.8 Å². The molecule has 0 radical (unpaired) electrons. The van der Waals surface area contributed by atoms with Crippen molar-refractivity contribution in [3.63, 3.8) is 0 Å². The van der Waals surface area contributed by atoms with Crippen LogP contribution >= 0.6 is 0 Å². The molecule has 4 N–H and O–H groups in total. The lowest BCUT2D eigenvalue weighted by Gasteiger charge is -2.24. The molecule has 17 heavy (non-hydrogen) atoms. The summed E-state index contributed by atoms with van der Waals surface area (Å²) in [6.45, 7) is 0.186. The zero-order valence-electron chi connectivity index (χ0n) is 9.15. The van der Waals surface area contributed by atoms with E-state index in [1.54, 1.807) is 24.3 Å². The number of rotatable bonds is 3. The fourth-order valence-corrected chi connectivity index (χ4v) is 2.26. The quantitative estimate of drug-likeness (QED) is 0.582. The number of nitrogens with one attached hydrogen (secondary N) is 1. The molecule has 0 bridgehead atoms. The second-order valence-electron chi connectivity index (χ2n) is 4.22. The highest BCUT2D eigenvalue weighted by Gasteiger charge is 2.43. The Bertz CT molecular complexity index is 395. The van der Waals surface area contributed by atoms with Crippen molar-refractivity contribution in [1.82, 2.24) is 5.32 Å². The average molecular weight is 237 g/mol. The maximum Gasteiger partial charge on any atom is 0.321 e. The van der Waals surface area contributed by atoms with E-state index >= 15 is 0 Å². The number of aliphatic hydroxyl groups excluding tert-OH is 2. The van der Waals surface area contributed by atoms with Gasteiger partial charge in [0.05, 0.1) is 12.2 Å². The molecule has 1 heterocycles. The van der Waals surface area contributed by atoms with E-state index in [4.69, 9.17) is 5.11 Å². The Hall–Kier alpha value is -1.43. The van der Waals surface area contributed by atoms with Crippen molar-refractivity contribution in [2.24, 2.45) is 5.92 Å². The minimum atomic E-state index is -1.05. The van der Waals surface area contributed by atoms with Crippen LogP contribution in [-0.4, -0.2) is 40.0 Å². The number of aliphatic hydroxyl groups is 2. The Morgan fingerprint density at radius 1 is 1.35 bits per heavy atom. The summed E-state index contributed by atoms with van der Waals surface area (Å²) in [6, 6.07) is 7.86. The van der Waals surface area contributed by atoms with Gasteiger partial charge in [0.1, 0.15) is 6.04 Å². The zero-order valence-corrected chi connectivity index (χ0v) is 9.15. The molecule has 3 unspecified atom stereocenters. The molecule has 1 aromatic carbocycles. The van der Waals surface area contributed by atoms with Crippen LogP contribution in [0.1, 0.15) is 11.7 Å². The molecule has 4 atom stereocenters. The van der Waals surface area contributed by atoms with Crippen molar-refractivity contribution in [2.45, 2.75) is 18.2 Å². The molecule has 2 rings (SSSR count). The lowest BCUT2D eigenvalue weighted by Crippen LogP contribution is -2.39. The van der Waals surface area contributed by atoms with E-state index in [1.807, 2.05) is 6.07 Å². The summed E-state index contributed by atoms with van der Waals surface area (Å²) in [5.41, 5.74) is 0.617. The Labute approximate surface area is 98.7 Å². The van der Waals surface area contributed by atoms with Crippen LogP contribution in [0, 0.1) is 5.92 Å². The van der Waals surface area contributed by atoms with E-state index < -0.39 is 30.1 Å². The SMILES string of the molecule is O=C(O)[C@H]1NCC(O)C1C(O)c1ccccc1. The van der Waals surface area contributed by atoms with Crippen molar-refractivity contribution in [2.75, 3.05) is 6.54 Å². The van der Waals surface area contributed by atoms with Crippen LogP contribution in [0.2, 0.25) is 0 Å². The van der Waals surface area contributed by atoms with Crippen molar-refractivity contribution in [3.05, 3.63) is 35.9 Å². The first kappa shape index (κ1) is 12.0. The molecule has 0 amide bonds. The summed E-state index contributed by atoms with van der Waals surface area (Å²) in [5, 5.41) is 31.6. The number of hydrogen-bond donors (Lipinski definition) is 4. The van der Waals surface area contributed by atoms with E-state index in [9.17, 15) is 15.0 Å². The molecule has 0 spiro atoms. The number of hydrogen-bond acceptors (Lipinski definition) is 4. The van der Waals surface area contributed by atoms with Gasteiger partial charge in [-0.2, -0.15) is 0 Å². The Balaban J connectivity index is 2.23. The lowest BCUT2D eigenvalue weighted by atomic mass is 9.88. The summed E-state index contributed by atoms with van der Waals surface area (Å²) in [5.74, 6) is -1.78. The number of carboxylic acids is 1. The van der Waals surface area contributed by atoms with Gasteiger partial charge in [0.15, 0.2) is 0 Å². The van der Waals surface area contributed by atoms with Gasteiger partial charge in [0, 0.05) is 12.5 Å². The van der Waals surface area contributed by atoms with E-state index in [2.05, 4.69) is 5.32 Å². The molecule has 92 valence electrons. The molecule has 0 aromatic heterocycles. The number of aliphatic carboxylic acids is 1. The first-order valence-corrected chi connectivity index (χ1v) is 5.48. The summed E-state index contributed by atoms with van der Waals surface area (Å²) in [6.07, 6.45) is -1.84. The van der Waals surface area contributed by atoms with E-state index in [0.29, 0.717) is 5.56 Å². The standard InChI is InChI=1S/C12H15NO4/c14-8-6-13-10(12(16)17)9(8)11(15)7-4-2-1-3-5-7/h1-5,8-11,13-15H,6H2,(H,16,17)/t8?,9?,10-,11?/m0/s1. The summed E-state index contributed by atoms with van der Waals surface area (Å²) >= 11 is 0. The van der Waals surface area contributed by atoms with Crippen molar-refractivity contribution in [1.29, 1.82) is 0 Å². The van der Waals surface area contributed by atoms with Crippen molar-refractivity contribution < 1.29 is 20.1 Å². The predicted octanol–water partition coefficient (Wildman–Crippen LogP) is -0.246. The van der Waals surface area contributed by atoms with Gasteiger partial charge in [-0.3, -0.25) is 4.79 Å². The average Bonchev–Trinajstić information content (AvgIpc) is 2.71. The monoisotopic (exact) mass is 237 g/mol. The van der Waals surface area contributed by atoms with E-state index in [0.717, 1.165) is 0 Å². The first-order chi connectivity index (χ1) is 8.11. The number of carbonyl (C=O) groups is 1. The van der Waals surface area contributed by atoms with Gasteiger partial charge in [-0.1, -0.05) is 30.3 Å². The third kappa shape index (κ3) is 2.31. The van der Waals surface area contributed by atoms with Gasteiger partial charge >= 0.3 is 5.97 Å². The summed E-state index contributed by atoms with van der Waals surface area (Å²) < 4.78 is 0. The maximum absolute atomic E-state index is 11.0. The Morgan fingerprint density at radius 3 is 2.59 bits per heavy atom. The van der Waals surface area contributed by atoms with Crippen LogP contribution in [0.4, 0.5) is 0 Å². The van der Waals surface area contributed by atoms with Gasteiger partial charge in [0.2, 0.25) is 0 Å². The van der Waals surface area contributed by atoms with Gasteiger partial charge in [-0.25, -0.2) is 0 Å². The fraction of sp³-hybridized carbons (Fsp3) is 0.417. The largest absolute Gasteiger partial charge is 0.480 e. The second kappa shape index (κ2) is 4.83. The smallest absolute Gasteiger partial charge is 0.321 e. The Morgan fingerprint density at radius 2 is 2.00 bits per heavy atom. The molecule has 1 saturated heterocycles.